The van der Waals surface area contributed by atoms with E-state index in [2.05, 4.69) is 263 Å². The van der Waals surface area contributed by atoms with Gasteiger partial charge in [0.25, 0.3) is 0 Å². The highest BCUT2D eigenvalue weighted by molar-refractivity contribution is 9.10. The lowest BCUT2D eigenvalue weighted by Crippen LogP contribution is -2.09. The van der Waals surface area contributed by atoms with Crippen molar-refractivity contribution in [1.82, 2.24) is 0 Å². The summed E-state index contributed by atoms with van der Waals surface area (Å²) in [6.45, 7) is 0. The van der Waals surface area contributed by atoms with Crippen LogP contribution in [0.2, 0.25) is 0 Å². The molecule has 1 N–H and O–H groups in total. The number of halogens is 1. The molecular weight excluding hydrogens is 877 g/mol. The summed E-state index contributed by atoms with van der Waals surface area (Å²) < 4.78 is 1.11. The first kappa shape index (κ1) is 45.3. The third-order valence-corrected chi connectivity index (χ3v) is 11.4. The maximum atomic E-state index is 3.42. The van der Waals surface area contributed by atoms with Crippen molar-refractivity contribution < 1.29 is 0 Å². The van der Waals surface area contributed by atoms with E-state index in [0.29, 0.717) is 0 Å². The molecule has 10 rings (SSSR count). The fourth-order valence-electron chi connectivity index (χ4n) is 7.34. The van der Waals surface area contributed by atoms with Gasteiger partial charge in [-0.1, -0.05) is 246 Å². The third-order valence-electron chi connectivity index (χ3n) is 10.9. The second-order valence-electron chi connectivity index (χ2n) is 15.6. The number of anilines is 5. The predicted octanol–water partition coefficient (Wildman–Crippen LogP) is 18.7. The topological polar surface area (TPSA) is 15.3 Å². The van der Waals surface area contributed by atoms with Gasteiger partial charge in [0.2, 0.25) is 0 Å². The summed E-state index contributed by atoms with van der Waals surface area (Å²) in [4.78, 5) is 2.29. The molecular formula is C64H51BrN2. The molecule has 0 saturated heterocycles. The molecule has 0 radical (unpaired) electrons. The second kappa shape index (κ2) is 24.2. The van der Waals surface area contributed by atoms with Crippen LogP contribution in [0.3, 0.4) is 0 Å². The van der Waals surface area contributed by atoms with Crippen LogP contribution < -0.4 is 10.2 Å². The van der Waals surface area contributed by atoms with Crippen molar-refractivity contribution in [1.29, 1.82) is 0 Å². The van der Waals surface area contributed by atoms with E-state index < -0.39 is 0 Å². The van der Waals surface area contributed by atoms with E-state index >= 15 is 0 Å². The highest BCUT2D eigenvalue weighted by atomic mass is 79.9. The summed E-state index contributed by atoms with van der Waals surface area (Å²) in [6.07, 6.45) is 8.53. The van der Waals surface area contributed by atoms with E-state index in [1.807, 2.05) is 66.7 Å². The molecule has 0 aromatic heterocycles. The number of nitrogens with zero attached hydrogens (tertiary/aromatic N) is 1. The van der Waals surface area contributed by atoms with Crippen LogP contribution in [0.5, 0.6) is 0 Å². The van der Waals surface area contributed by atoms with Gasteiger partial charge in [0.1, 0.15) is 0 Å². The second-order valence-corrected chi connectivity index (χ2v) is 16.6. The van der Waals surface area contributed by atoms with Gasteiger partial charge in [-0.15, -0.1) is 0 Å². The van der Waals surface area contributed by atoms with E-state index in [1.165, 1.54) is 44.5 Å². The van der Waals surface area contributed by atoms with Crippen LogP contribution in [0.4, 0.5) is 28.4 Å². The lowest BCUT2D eigenvalue weighted by atomic mass is 10.0. The first-order valence-corrected chi connectivity index (χ1v) is 23.2. The van der Waals surface area contributed by atoms with Crippen LogP contribution in [0.15, 0.2) is 284 Å². The SMILES string of the molecule is Brc1ccc(/C=C/c2ccccc2)cc1.C(=C\c1ccc(N(c2ccccc2)c2ccc(-c3ccccc3)cc2)cc1)/c1ccccc1.c1ccc(Nc2ccc(-c3ccccc3)cc2)cc1. The Kier molecular flexibility index (Phi) is 16.3. The molecule has 2 nitrogen and oxygen atoms in total. The monoisotopic (exact) mass is 926 g/mol. The Morgan fingerprint density at radius 3 is 0.970 bits per heavy atom. The van der Waals surface area contributed by atoms with E-state index in [-0.39, 0.29) is 0 Å². The van der Waals surface area contributed by atoms with Gasteiger partial charge in [0, 0.05) is 32.9 Å². The normalized spacial score (nSPS) is 10.6. The van der Waals surface area contributed by atoms with Crippen LogP contribution in [-0.2, 0) is 0 Å². The van der Waals surface area contributed by atoms with Crippen molar-refractivity contribution in [3.63, 3.8) is 0 Å². The molecule has 0 saturated carbocycles. The highest BCUT2D eigenvalue weighted by Gasteiger charge is 2.12. The van der Waals surface area contributed by atoms with Gasteiger partial charge in [0.15, 0.2) is 0 Å². The van der Waals surface area contributed by atoms with Crippen molar-refractivity contribution in [2.45, 2.75) is 0 Å². The molecule has 0 atom stereocenters. The van der Waals surface area contributed by atoms with Gasteiger partial charge >= 0.3 is 0 Å². The quantitative estimate of drug-likeness (QED) is 0.130. The Morgan fingerprint density at radius 2 is 0.537 bits per heavy atom. The highest BCUT2D eigenvalue weighted by Crippen LogP contribution is 2.36. The summed E-state index contributed by atoms with van der Waals surface area (Å²) >= 11 is 3.42. The number of rotatable bonds is 11. The minimum Gasteiger partial charge on any atom is -0.356 e. The van der Waals surface area contributed by atoms with Crippen LogP contribution >= 0.6 is 15.9 Å². The Bertz CT molecular complexity index is 3010. The number of hydrogen-bond donors (Lipinski definition) is 1. The van der Waals surface area contributed by atoms with Crippen molar-refractivity contribution in [3.05, 3.63) is 306 Å². The van der Waals surface area contributed by atoms with E-state index in [0.717, 1.165) is 32.9 Å². The molecule has 0 spiro atoms. The fourth-order valence-corrected chi connectivity index (χ4v) is 7.61. The molecule has 0 aliphatic heterocycles. The van der Waals surface area contributed by atoms with E-state index in [9.17, 15) is 0 Å². The molecule has 0 amide bonds. The van der Waals surface area contributed by atoms with Gasteiger partial charge < -0.3 is 10.2 Å². The van der Waals surface area contributed by atoms with Crippen molar-refractivity contribution in [2.75, 3.05) is 10.2 Å². The lowest BCUT2D eigenvalue weighted by Gasteiger charge is -2.25. The van der Waals surface area contributed by atoms with Crippen molar-refractivity contribution in [3.8, 4) is 22.3 Å². The zero-order chi connectivity index (χ0) is 45.7. The zero-order valence-corrected chi connectivity index (χ0v) is 38.8. The molecule has 0 aliphatic carbocycles. The molecule has 0 aliphatic rings. The van der Waals surface area contributed by atoms with Crippen molar-refractivity contribution in [2.24, 2.45) is 0 Å². The average molecular weight is 928 g/mol. The predicted molar refractivity (Wildman–Crippen MR) is 293 cm³/mol. The molecule has 0 bridgehead atoms. The molecule has 324 valence electrons. The molecule has 10 aromatic rings. The number of hydrogen-bond acceptors (Lipinski definition) is 2. The minimum absolute atomic E-state index is 1.10. The van der Waals surface area contributed by atoms with Crippen LogP contribution in [0.1, 0.15) is 22.3 Å². The Balaban J connectivity index is 0.000000151. The molecule has 10 aromatic carbocycles. The lowest BCUT2D eigenvalue weighted by molar-refractivity contribution is 1.28. The molecule has 0 unspecified atom stereocenters. The number of nitrogens with one attached hydrogen (secondary N) is 1. The fraction of sp³-hybridized carbons (Fsp3) is 0. The van der Waals surface area contributed by atoms with Crippen LogP contribution in [0, 0.1) is 0 Å². The van der Waals surface area contributed by atoms with E-state index in [1.54, 1.807) is 0 Å². The first-order valence-electron chi connectivity index (χ1n) is 22.4. The molecule has 67 heavy (non-hydrogen) atoms. The third kappa shape index (κ3) is 13.9. The Morgan fingerprint density at radius 1 is 0.254 bits per heavy atom. The maximum Gasteiger partial charge on any atom is 0.0462 e. The molecule has 0 heterocycles. The molecule has 3 heteroatoms. The van der Waals surface area contributed by atoms with Crippen LogP contribution in [-0.4, -0.2) is 0 Å². The smallest absolute Gasteiger partial charge is 0.0462 e. The zero-order valence-electron chi connectivity index (χ0n) is 37.2. The average Bonchev–Trinajstić information content (AvgIpc) is 3.41. The molecule has 0 fully saturated rings. The summed E-state index contributed by atoms with van der Waals surface area (Å²) in [7, 11) is 0. The van der Waals surface area contributed by atoms with Gasteiger partial charge in [-0.05, 0) is 117 Å². The summed E-state index contributed by atoms with van der Waals surface area (Å²) in [6, 6.07) is 96.5. The van der Waals surface area contributed by atoms with Gasteiger partial charge in [-0.3, -0.25) is 0 Å². The Hall–Kier alpha value is -8.24. The van der Waals surface area contributed by atoms with Crippen LogP contribution in [0.25, 0.3) is 46.6 Å². The summed E-state index contributed by atoms with van der Waals surface area (Å²) in [5.74, 6) is 0. The van der Waals surface area contributed by atoms with Gasteiger partial charge in [-0.2, -0.15) is 0 Å². The summed E-state index contributed by atoms with van der Waals surface area (Å²) in [5, 5.41) is 3.38. The standard InChI is InChI=1S/C32H25N.C18H15N.C14H11Br/c1-4-10-26(11-5-1)16-17-27-18-22-31(23-19-27)33(30-14-8-3-9-15-30)32-24-20-29(21-25-32)28-12-6-2-7-13-28;1-3-7-15(8-4-1)16-11-13-18(14-12-16)19-17-9-5-2-6-10-17;15-14-10-8-13(9-11-14)7-6-12-4-2-1-3-5-12/h1-25H;1-14,19H;1-11H/b17-16+;;7-6+. The Labute approximate surface area is 404 Å². The van der Waals surface area contributed by atoms with Gasteiger partial charge in [0.05, 0.1) is 0 Å². The minimum atomic E-state index is 1.10. The largest absolute Gasteiger partial charge is 0.356 e. The van der Waals surface area contributed by atoms with Gasteiger partial charge in [-0.25, -0.2) is 0 Å². The number of para-hydroxylation sites is 2. The van der Waals surface area contributed by atoms with E-state index in [4.69, 9.17) is 0 Å². The number of benzene rings is 10. The van der Waals surface area contributed by atoms with Crippen molar-refractivity contribution >= 4 is 68.7 Å². The maximum absolute atomic E-state index is 3.42. The summed E-state index contributed by atoms with van der Waals surface area (Å²) in [5.41, 5.74) is 15.3. The first-order chi connectivity index (χ1) is 33.1.